The number of rotatable bonds is 5. The van der Waals surface area contributed by atoms with Crippen LogP contribution >= 0.6 is 0 Å². The van der Waals surface area contributed by atoms with Gasteiger partial charge in [-0.05, 0) is 24.3 Å². The van der Waals surface area contributed by atoms with Crippen LogP contribution in [-0.4, -0.2) is 30.9 Å². The van der Waals surface area contributed by atoms with Crippen LogP contribution in [0.15, 0.2) is 53.3 Å². The van der Waals surface area contributed by atoms with Crippen molar-refractivity contribution in [1.82, 2.24) is 30.3 Å². The molecule has 8 nitrogen and oxygen atoms in total. The van der Waals surface area contributed by atoms with Crippen molar-refractivity contribution in [3.63, 3.8) is 0 Å². The van der Waals surface area contributed by atoms with E-state index in [1.165, 1.54) is 4.68 Å². The minimum Gasteiger partial charge on any atom is -0.349 e. The molecular weight excluding hydrogens is 332 g/mol. The first-order valence-corrected chi connectivity index (χ1v) is 8.23. The third-order valence-electron chi connectivity index (χ3n) is 4.07. The number of para-hydroxylation sites is 2. The number of nitrogens with zero attached hydrogens (tertiary/aromatic N) is 4. The summed E-state index contributed by atoms with van der Waals surface area (Å²) in [6, 6.07) is 14.7. The zero-order valence-corrected chi connectivity index (χ0v) is 13.8. The lowest BCUT2D eigenvalue weighted by Crippen LogP contribution is -2.29. The van der Waals surface area contributed by atoms with E-state index in [2.05, 4.69) is 25.6 Å². The molecule has 4 aromatic rings. The van der Waals surface area contributed by atoms with Crippen LogP contribution in [0, 0.1) is 0 Å². The maximum absolute atomic E-state index is 12.3. The van der Waals surface area contributed by atoms with Crippen LogP contribution in [0.1, 0.15) is 12.2 Å². The first kappa shape index (κ1) is 15.9. The predicted molar refractivity (Wildman–Crippen MR) is 96.4 cm³/mol. The molecule has 0 unspecified atom stereocenters. The number of aromatic amines is 1. The highest BCUT2D eigenvalue weighted by Crippen LogP contribution is 2.10. The van der Waals surface area contributed by atoms with Gasteiger partial charge in [-0.1, -0.05) is 29.5 Å². The predicted octanol–water partition coefficient (Wildman–Crippen LogP) is 1.37. The molecule has 8 heteroatoms. The molecule has 0 atom stereocenters. The van der Waals surface area contributed by atoms with E-state index < -0.39 is 0 Å². The molecule has 0 saturated heterocycles. The number of carbonyl (C=O) groups excluding carboxylic acids is 1. The highest BCUT2D eigenvalue weighted by molar-refractivity contribution is 5.77. The molecule has 2 aromatic carbocycles. The van der Waals surface area contributed by atoms with Gasteiger partial charge in [0.15, 0.2) is 0 Å². The van der Waals surface area contributed by atoms with Crippen LogP contribution < -0.4 is 10.9 Å². The van der Waals surface area contributed by atoms with Crippen molar-refractivity contribution in [1.29, 1.82) is 0 Å². The third kappa shape index (κ3) is 3.16. The number of carbonyl (C=O) groups is 1. The van der Waals surface area contributed by atoms with Crippen molar-refractivity contribution in [2.75, 3.05) is 0 Å². The Hall–Kier alpha value is -3.55. The van der Waals surface area contributed by atoms with E-state index in [0.717, 1.165) is 11.0 Å². The number of hydrogen-bond acceptors (Lipinski definition) is 5. The van der Waals surface area contributed by atoms with Gasteiger partial charge in [0.2, 0.25) is 5.91 Å². The van der Waals surface area contributed by atoms with Crippen molar-refractivity contribution in [3.05, 3.63) is 64.7 Å². The highest BCUT2D eigenvalue weighted by atomic mass is 16.2. The summed E-state index contributed by atoms with van der Waals surface area (Å²) in [6.45, 7) is 0.467. The second-order valence-electron chi connectivity index (χ2n) is 5.86. The van der Waals surface area contributed by atoms with Crippen LogP contribution in [0.2, 0.25) is 0 Å². The van der Waals surface area contributed by atoms with Crippen molar-refractivity contribution < 1.29 is 4.79 Å². The summed E-state index contributed by atoms with van der Waals surface area (Å²) >= 11 is 0. The molecule has 0 bridgehead atoms. The fourth-order valence-electron chi connectivity index (χ4n) is 2.74. The first-order valence-electron chi connectivity index (χ1n) is 8.23. The molecule has 0 fully saturated rings. The number of aryl methyl sites for hydroxylation is 1. The molecular formula is C18H16N6O2. The Morgan fingerprint density at radius 3 is 2.69 bits per heavy atom. The fraction of sp³-hybridized carbons (Fsp3) is 0.167. The van der Waals surface area contributed by atoms with Crippen molar-refractivity contribution in [2.24, 2.45) is 0 Å². The average molecular weight is 348 g/mol. The zero-order valence-electron chi connectivity index (χ0n) is 13.8. The molecule has 0 spiro atoms. The molecule has 26 heavy (non-hydrogen) atoms. The van der Waals surface area contributed by atoms with Gasteiger partial charge in [-0.15, -0.1) is 5.10 Å². The number of amides is 1. The number of imidazole rings is 1. The van der Waals surface area contributed by atoms with Crippen LogP contribution in [-0.2, 0) is 17.9 Å². The average Bonchev–Trinajstić information content (AvgIpc) is 3.09. The smallest absolute Gasteiger partial charge is 0.277 e. The van der Waals surface area contributed by atoms with E-state index in [0.29, 0.717) is 23.3 Å². The lowest BCUT2D eigenvalue weighted by atomic mass is 10.2. The molecule has 0 radical (unpaired) electrons. The van der Waals surface area contributed by atoms with Crippen molar-refractivity contribution in [2.45, 2.75) is 19.5 Å². The Kier molecular flexibility index (Phi) is 4.14. The van der Waals surface area contributed by atoms with Crippen molar-refractivity contribution in [3.8, 4) is 0 Å². The maximum atomic E-state index is 12.3. The Labute approximate surface area is 147 Å². The molecule has 0 aliphatic rings. The van der Waals surface area contributed by atoms with Gasteiger partial charge in [0.1, 0.15) is 11.3 Å². The maximum Gasteiger partial charge on any atom is 0.277 e. The molecule has 2 heterocycles. The summed E-state index contributed by atoms with van der Waals surface area (Å²) < 4.78 is 1.21. The highest BCUT2D eigenvalue weighted by Gasteiger charge is 2.08. The number of aromatic nitrogens is 5. The van der Waals surface area contributed by atoms with E-state index in [1.54, 1.807) is 24.3 Å². The number of benzene rings is 2. The van der Waals surface area contributed by atoms with E-state index in [1.807, 2.05) is 24.3 Å². The summed E-state index contributed by atoms with van der Waals surface area (Å²) in [5.41, 5.74) is 2.08. The normalized spacial score (nSPS) is 11.1. The summed E-state index contributed by atoms with van der Waals surface area (Å²) in [5, 5.41) is 11.2. The molecule has 2 N–H and O–H groups in total. The van der Waals surface area contributed by atoms with Gasteiger partial charge in [0, 0.05) is 6.42 Å². The lowest BCUT2D eigenvalue weighted by Gasteiger charge is -2.05. The third-order valence-corrected chi connectivity index (χ3v) is 4.07. The van der Waals surface area contributed by atoms with Gasteiger partial charge >= 0.3 is 0 Å². The quantitative estimate of drug-likeness (QED) is 0.567. The Balaban J connectivity index is 1.38. The van der Waals surface area contributed by atoms with Gasteiger partial charge < -0.3 is 10.3 Å². The summed E-state index contributed by atoms with van der Waals surface area (Å²) in [5.74, 6) is 0.495. The standard InChI is InChI=1S/C18H16N6O2/c25-17(19-11-16-20-14-7-3-4-8-15(14)21-16)9-10-24-18(26)12-5-1-2-6-13(12)22-23-24/h1-8H,9-11H2,(H,19,25)(H,20,21). The van der Waals surface area contributed by atoms with Crippen LogP contribution in [0.4, 0.5) is 0 Å². The van der Waals surface area contributed by atoms with Crippen LogP contribution in [0.25, 0.3) is 21.9 Å². The summed E-state index contributed by atoms with van der Waals surface area (Å²) in [4.78, 5) is 32.0. The fourth-order valence-corrected chi connectivity index (χ4v) is 2.74. The molecule has 130 valence electrons. The Morgan fingerprint density at radius 2 is 1.85 bits per heavy atom. The second-order valence-corrected chi connectivity index (χ2v) is 5.86. The minimum absolute atomic E-state index is 0.132. The summed E-state index contributed by atoms with van der Waals surface area (Å²) in [7, 11) is 0. The lowest BCUT2D eigenvalue weighted by molar-refractivity contribution is -0.121. The van der Waals surface area contributed by atoms with Gasteiger partial charge in [-0.2, -0.15) is 0 Å². The first-order chi connectivity index (χ1) is 12.7. The topological polar surface area (TPSA) is 106 Å². The molecule has 0 aliphatic carbocycles. The molecule has 2 aromatic heterocycles. The molecule has 1 amide bonds. The van der Waals surface area contributed by atoms with E-state index in [9.17, 15) is 9.59 Å². The van der Waals surface area contributed by atoms with E-state index in [-0.39, 0.29) is 24.4 Å². The number of hydrogen-bond donors (Lipinski definition) is 2. The number of H-pyrrole nitrogens is 1. The van der Waals surface area contributed by atoms with Gasteiger partial charge in [-0.25, -0.2) is 9.67 Å². The Bertz CT molecular complexity index is 1110. The van der Waals surface area contributed by atoms with Gasteiger partial charge in [0.05, 0.1) is 29.5 Å². The number of nitrogens with one attached hydrogen (secondary N) is 2. The van der Waals surface area contributed by atoms with Crippen LogP contribution in [0.5, 0.6) is 0 Å². The van der Waals surface area contributed by atoms with E-state index in [4.69, 9.17) is 0 Å². The van der Waals surface area contributed by atoms with Crippen LogP contribution in [0.3, 0.4) is 0 Å². The zero-order chi connectivity index (χ0) is 17.9. The minimum atomic E-state index is -0.249. The van der Waals surface area contributed by atoms with Gasteiger partial charge in [-0.3, -0.25) is 9.59 Å². The SMILES string of the molecule is O=C(CCn1nnc2ccccc2c1=O)NCc1nc2ccccc2[nH]1. The van der Waals surface area contributed by atoms with Crippen molar-refractivity contribution >= 4 is 27.8 Å². The van der Waals surface area contributed by atoms with E-state index >= 15 is 0 Å². The molecule has 4 rings (SSSR count). The summed E-state index contributed by atoms with van der Waals surface area (Å²) in [6.07, 6.45) is 0.132. The molecule has 0 saturated carbocycles. The molecule has 0 aliphatic heterocycles. The van der Waals surface area contributed by atoms with Gasteiger partial charge in [0.25, 0.3) is 5.56 Å². The number of fused-ring (bicyclic) bond motifs is 2. The largest absolute Gasteiger partial charge is 0.349 e. The monoisotopic (exact) mass is 348 g/mol. The Morgan fingerprint density at radius 1 is 1.08 bits per heavy atom. The second kappa shape index (κ2) is 6.75.